The second-order valence-electron chi connectivity index (χ2n) is 4.85. The van der Waals surface area contributed by atoms with Crippen LogP contribution in [0.2, 0.25) is 0 Å². The van der Waals surface area contributed by atoms with Crippen molar-refractivity contribution in [2.24, 2.45) is 5.92 Å². The molecule has 4 heteroatoms. The Hall–Kier alpha value is -0.870. The molecule has 3 nitrogen and oxygen atoms in total. The van der Waals surface area contributed by atoms with E-state index in [0.29, 0.717) is 0 Å². The van der Waals surface area contributed by atoms with Gasteiger partial charge in [0, 0.05) is 17.1 Å². The highest BCUT2D eigenvalue weighted by atomic mass is 79.9. The van der Waals surface area contributed by atoms with Crippen LogP contribution >= 0.6 is 15.9 Å². The van der Waals surface area contributed by atoms with Crippen molar-refractivity contribution in [1.29, 1.82) is 0 Å². The molecule has 0 radical (unpaired) electrons. The Kier molecular flexibility index (Phi) is 4.78. The summed E-state index contributed by atoms with van der Waals surface area (Å²) in [5.41, 5.74) is 1.18. The molecular weight excluding hydrogens is 294 g/mol. The predicted octanol–water partition coefficient (Wildman–Crippen LogP) is 3.18. The number of carboxylic acids is 1. The SMILES string of the molecule is O=C(O)[C@@H]1CCCC[C@@H]1NCc1cccc(Br)c1. The van der Waals surface area contributed by atoms with Gasteiger partial charge in [0.2, 0.25) is 0 Å². The number of nitrogens with one attached hydrogen (secondary N) is 1. The summed E-state index contributed by atoms with van der Waals surface area (Å²) in [5, 5.41) is 12.6. The van der Waals surface area contributed by atoms with E-state index in [9.17, 15) is 9.90 Å². The van der Waals surface area contributed by atoms with Gasteiger partial charge in [0.25, 0.3) is 0 Å². The van der Waals surface area contributed by atoms with Crippen molar-refractivity contribution < 1.29 is 9.90 Å². The molecule has 0 spiro atoms. The van der Waals surface area contributed by atoms with Gasteiger partial charge in [-0.1, -0.05) is 40.9 Å². The summed E-state index contributed by atoms with van der Waals surface area (Å²) in [7, 11) is 0. The van der Waals surface area contributed by atoms with Gasteiger partial charge in [0.1, 0.15) is 0 Å². The number of rotatable bonds is 4. The van der Waals surface area contributed by atoms with Crippen molar-refractivity contribution in [3.05, 3.63) is 34.3 Å². The van der Waals surface area contributed by atoms with E-state index in [2.05, 4.69) is 33.4 Å². The maximum absolute atomic E-state index is 11.2. The number of carboxylic acid groups (broad SMARTS) is 1. The van der Waals surface area contributed by atoms with Crippen LogP contribution in [0.5, 0.6) is 0 Å². The zero-order valence-corrected chi connectivity index (χ0v) is 11.8. The molecule has 2 rings (SSSR count). The first-order valence-electron chi connectivity index (χ1n) is 6.37. The van der Waals surface area contributed by atoms with E-state index in [1.54, 1.807) is 0 Å². The van der Waals surface area contributed by atoms with Crippen molar-refractivity contribution in [3.8, 4) is 0 Å². The third kappa shape index (κ3) is 3.56. The summed E-state index contributed by atoms with van der Waals surface area (Å²) >= 11 is 3.44. The number of benzene rings is 1. The molecule has 1 aromatic carbocycles. The lowest BCUT2D eigenvalue weighted by molar-refractivity contribution is -0.143. The molecule has 1 fully saturated rings. The van der Waals surface area contributed by atoms with Gasteiger partial charge in [-0.2, -0.15) is 0 Å². The average Bonchev–Trinajstić information content (AvgIpc) is 2.37. The average molecular weight is 312 g/mol. The molecule has 1 aliphatic rings. The molecule has 2 N–H and O–H groups in total. The lowest BCUT2D eigenvalue weighted by Crippen LogP contribution is -2.41. The molecule has 18 heavy (non-hydrogen) atoms. The summed E-state index contributed by atoms with van der Waals surface area (Å²) in [4.78, 5) is 11.2. The minimum Gasteiger partial charge on any atom is -0.481 e. The highest BCUT2D eigenvalue weighted by molar-refractivity contribution is 9.10. The molecule has 0 aromatic heterocycles. The zero-order chi connectivity index (χ0) is 13.0. The van der Waals surface area contributed by atoms with Crippen molar-refractivity contribution in [2.75, 3.05) is 0 Å². The molecule has 98 valence electrons. The van der Waals surface area contributed by atoms with E-state index in [0.717, 1.165) is 36.7 Å². The Labute approximate surface area is 116 Å². The minimum atomic E-state index is -0.665. The standard InChI is InChI=1S/C14H18BrNO2/c15-11-5-3-4-10(8-11)9-16-13-7-2-1-6-12(13)14(17)18/h3-5,8,12-13,16H,1-2,6-7,9H2,(H,17,18)/t12-,13+/m1/s1. The smallest absolute Gasteiger partial charge is 0.308 e. The summed E-state index contributed by atoms with van der Waals surface area (Å²) in [6.45, 7) is 0.730. The van der Waals surface area contributed by atoms with Crippen LogP contribution < -0.4 is 5.32 Å². The van der Waals surface area contributed by atoms with E-state index in [-0.39, 0.29) is 12.0 Å². The number of hydrogen-bond acceptors (Lipinski definition) is 2. The molecule has 2 atom stereocenters. The largest absolute Gasteiger partial charge is 0.481 e. The maximum Gasteiger partial charge on any atom is 0.308 e. The van der Waals surface area contributed by atoms with Crippen LogP contribution in [0.25, 0.3) is 0 Å². The highest BCUT2D eigenvalue weighted by Gasteiger charge is 2.30. The first-order valence-corrected chi connectivity index (χ1v) is 7.17. The summed E-state index contributed by atoms with van der Waals surface area (Å²) < 4.78 is 1.06. The van der Waals surface area contributed by atoms with Crippen LogP contribution in [0.3, 0.4) is 0 Å². The predicted molar refractivity (Wildman–Crippen MR) is 74.4 cm³/mol. The fourth-order valence-electron chi connectivity index (χ4n) is 2.57. The number of hydrogen-bond donors (Lipinski definition) is 2. The third-order valence-electron chi connectivity index (χ3n) is 3.54. The molecular formula is C14H18BrNO2. The third-order valence-corrected chi connectivity index (χ3v) is 4.03. The van der Waals surface area contributed by atoms with Crippen LogP contribution in [0.15, 0.2) is 28.7 Å². The molecule has 0 heterocycles. The van der Waals surface area contributed by atoms with Gasteiger partial charge in [-0.3, -0.25) is 4.79 Å². The van der Waals surface area contributed by atoms with Gasteiger partial charge in [-0.05, 0) is 30.5 Å². The zero-order valence-electron chi connectivity index (χ0n) is 10.2. The maximum atomic E-state index is 11.2. The summed E-state index contributed by atoms with van der Waals surface area (Å²) in [6.07, 6.45) is 3.92. The van der Waals surface area contributed by atoms with Crippen molar-refractivity contribution >= 4 is 21.9 Å². The topological polar surface area (TPSA) is 49.3 Å². The number of aliphatic carboxylic acids is 1. The lowest BCUT2D eigenvalue weighted by atomic mass is 9.84. The second-order valence-corrected chi connectivity index (χ2v) is 5.76. The first kappa shape index (κ1) is 13.6. The van der Waals surface area contributed by atoms with E-state index in [1.807, 2.05) is 12.1 Å². The second kappa shape index (κ2) is 6.34. The Bertz CT molecular complexity index is 422. The Morgan fingerprint density at radius 1 is 1.39 bits per heavy atom. The van der Waals surface area contributed by atoms with Crippen LogP contribution in [0.1, 0.15) is 31.2 Å². The molecule has 0 bridgehead atoms. The van der Waals surface area contributed by atoms with Gasteiger partial charge in [-0.15, -0.1) is 0 Å². The normalized spacial score (nSPS) is 23.8. The van der Waals surface area contributed by atoms with Gasteiger partial charge in [0.15, 0.2) is 0 Å². The molecule has 1 aromatic rings. The number of carbonyl (C=O) groups is 1. The Balaban J connectivity index is 1.93. The van der Waals surface area contributed by atoms with E-state index in [1.165, 1.54) is 5.56 Å². The molecule has 0 aliphatic heterocycles. The van der Waals surface area contributed by atoms with Crippen molar-refractivity contribution in [1.82, 2.24) is 5.32 Å². The van der Waals surface area contributed by atoms with Crippen LogP contribution in [0, 0.1) is 5.92 Å². The molecule has 0 amide bonds. The van der Waals surface area contributed by atoms with Crippen molar-refractivity contribution in [2.45, 2.75) is 38.3 Å². The van der Waals surface area contributed by atoms with E-state index in [4.69, 9.17) is 0 Å². The fraction of sp³-hybridized carbons (Fsp3) is 0.500. The lowest BCUT2D eigenvalue weighted by Gasteiger charge is -2.29. The fourth-order valence-corrected chi connectivity index (χ4v) is 3.01. The van der Waals surface area contributed by atoms with Crippen LogP contribution in [-0.2, 0) is 11.3 Å². The quantitative estimate of drug-likeness (QED) is 0.898. The van der Waals surface area contributed by atoms with Gasteiger partial charge in [0.05, 0.1) is 5.92 Å². The summed E-state index contributed by atoms with van der Waals surface area (Å²) in [5.74, 6) is -0.896. The Morgan fingerprint density at radius 2 is 2.17 bits per heavy atom. The Morgan fingerprint density at radius 3 is 2.89 bits per heavy atom. The molecule has 1 saturated carbocycles. The first-order chi connectivity index (χ1) is 8.66. The number of halogens is 1. The molecule has 1 aliphatic carbocycles. The van der Waals surface area contributed by atoms with E-state index >= 15 is 0 Å². The highest BCUT2D eigenvalue weighted by Crippen LogP contribution is 2.25. The van der Waals surface area contributed by atoms with Crippen LogP contribution in [0.4, 0.5) is 0 Å². The summed E-state index contributed by atoms with van der Waals surface area (Å²) in [6, 6.07) is 8.21. The van der Waals surface area contributed by atoms with Gasteiger partial charge >= 0.3 is 5.97 Å². The van der Waals surface area contributed by atoms with Crippen LogP contribution in [-0.4, -0.2) is 17.1 Å². The molecule has 0 unspecified atom stereocenters. The van der Waals surface area contributed by atoms with Gasteiger partial charge < -0.3 is 10.4 Å². The monoisotopic (exact) mass is 311 g/mol. The van der Waals surface area contributed by atoms with E-state index < -0.39 is 5.97 Å². The van der Waals surface area contributed by atoms with Gasteiger partial charge in [-0.25, -0.2) is 0 Å². The molecule has 0 saturated heterocycles. The minimum absolute atomic E-state index is 0.107. The van der Waals surface area contributed by atoms with Crippen molar-refractivity contribution in [3.63, 3.8) is 0 Å².